The first-order chi connectivity index (χ1) is 16.5. The molecule has 35 heavy (non-hydrogen) atoms. The Morgan fingerprint density at radius 2 is 0.743 bits per heavy atom. The van der Waals surface area contributed by atoms with E-state index in [2.05, 4.69) is 48.5 Å². The zero-order chi connectivity index (χ0) is 25.9. The molecule has 0 fully saturated rings. The van der Waals surface area contributed by atoms with Crippen molar-refractivity contribution < 1.29 is 0 Å². The van der Waals surface area contributed by atoms with Crippen molar-refractivity contribution in [3.63, 3.8) is 0 Å². The minimum Gasteiger partial charge on any atom is -0.399 e. The Bertz CT molecular complexity index is 1220. The third kappa shape index (κ3) is 6.15. The first-order valence-electron chi connectivity index (χ1n) is 11.9. The molecule has 4 heteroatoms. The molecule has 0 heterocycles. The number of nitrogen functional groups attached to an aromatic ring is 4. The van der Waals surface area contributed by atoms with E-state index in [1.807, 2.05) is 53.7 Å². The fraction of sp³-hybridized carbons (Fsp3) is 0.226. The van der Waals surface area contributed by atoms with Crippen LogP contribution in [0.15, 0.2) is 60.7 Å². The third-order valence-corrected chi connectivity index (χ3v) is 6.60. The average molecular weight is 467 g/mol. The van der Waals surface area contributed by atoms with E-state index in [4.69, 9.17) is 22.9 Å². The summed E-state index contributed by atoms with van der Waals surface area (Å²) in [5.41, 5.74) is 38.8. The molecule has 0 aromatic heterocycles. The molecule has 0 unspecified atom stereocenters. The van der Waals surface area contributed by atoms with E-state index in [1.165, 1.54) is 22.3 Å². The predicted molar refractivity (Wildman–Crippen MR) is 154 cm³/mol. The quantitative estimate of drug-likeness (QED) is 0.249. The maximum atomic E-state index is 5.99. The van der Waals surface area contributed by atoms with Gasteiger partial charge in [-0.3, -0.25) is 0 Å². The van der Waals surface area contributed by atoms with Gasteiger partial charge in [0.05, 0.1) is 0 Å². The highest BCUT2D eigenvalue weighted by Gasteiger charge is 2.07. The molecule has 0 aliphatic rings. The van der Waals surface area contributed by atoms with Crippen LogP contribution >= 0.6 is 0 Å². The molecule has 0 amide bonds. The second-order valence-corrected chi connectivity index (χ2v) is 9.61. The number of rotatable bonds is 3. The first-order valence-corrected chi connectivity index (χ1v) is 11.9. The van der Waals surface area contributed by atoms with Crippen molar-refractivity contribution in [3.8, 4) is 11.1 Å². The van der Waals surface area contributed by atoms with Crippen molar-refractivity contribution in [2.75, 3.05) is 22.9 Å². The Kier molecular flexibility index (Phi) is 7.75. The van der Waals surface area contributed by atoms with E-state index in [9.17, 15) is 0 Å². The Morgan fingerprint density at radius 3 is 1.03 bits per heavy atom. The van der Waals surface area contributed by atoms with Crippen LogP contribution in [0, 0.1) is 41.5 Å². The average Bonchev–Trinajstić information content (AvgIpc) is 2.80. The highest BCUT2D eigenvalue weighted by molar-refractivity contribution is 5.74. The molecule has 4 aromatic rings. The van der Waals surface area contributed by atoms with Crippen LogP contribution in [0.25, 0.3) is 11.1 Å². The minimum atomic E-state index is 0.849. The number of nitrogens with two attached hydrogens (primary N) is 4. The van der Waals surface area contributed by atoms with E-state index in [0.717, 1.165) is 62.6 Å². The maximum absolute atomic E-state index is 5.99. The maximum Gasteiger partial charge on any atom is 0.0373 e. The summed E-state index contributed by atoms with van der Waals surface area (Å²) in [7, 11) is 0. The number of hydrogen-bond acceptors (Lipinski definition) is 4. The first kappa shape index (κ1) is 25.7. The van der Waals surface area contributed by atoms with Crippen molar-refractivity contribution in [1.29, 1.82) is 0 Å². The van der Waals surface area contributed by atoms with Crippen LogP contribution in [-0.4, -0.2) is 0 Å². The van der Waals surface area contributed by atoms with Crippen molar-refractivity contribution >= 4 is 22.7 Å². The van der Waals surface area contributed by atoms with Gasteiger partial charge in [0.2, 0.25) is 0 Å². The van der Waals surface area contributed by atoms with E-state index in [-0.39, 0.29) is 0 Å². The van der Waals surface area contributed by atoms with Gasteiger partial charge in [-0.05, 0) is 140 Å². The van der Waals surface area contributed by atoms with Gasteiger partial charge < -0.3 is 22.9 Å². The monoisotopic (exact) mass is 466 g/mol. The van der Waals surface area contributed by atoms with Crippen molar-refractivity contribution in [2.24, 2.45) is 0 Å². The van der Waals surface area contributed by atoms with E-state index in [1.54, 1.807) is 0 Å². The summed E-state index contributed by atoms with van der Waals surface area (Å²) in [5, 5.41) is 0. The summed E-state index contributed by atoms with van der Waals surface area (Å²) < 4.78 is 0. The summed E-state index contributed by atoms with van der Waals surface area (Å²) in [6.45, 7) is 12.2. The van der Waals surface area contributed by atoms with E-state index < -0.39 is 0 Å². The summed E-state index contributed by atoms with van der Waals surface area (Å²) in [5.74, 6) is 0. The van der Waals surface area contributed by atoms with Crippen LogP contribution in [0.5, 0.6) is 0 Å². The van der Waals surface area contributed by atoms with Gasteiger partial charge in [-0.1, -0.05) is 24.3 Å². The zero-order valence-corrected chi connectivity index (χ0v) is 21.8. The Morgan fingerprint density at radius 1 is 0.429 bits per heavy atom. The zero-order valence-electron chi connectivity index (χ0n) is 21.8. The SMILES string of the molecule is Cc1cc(-c2cc(C)c(N)c(C)c2)cc(C)c1N.Cc1cc(Cc2ccc(N)c(C)c2)ccc1N. The molecular weight excluding hydrogens is 428 g/mol. The summed E-state index contributed by atoms with van der Waals surface area (Å²) in [6.07, 6.45) is 0.919. The van der Waals surface area contributed by atoms with Gasteiger partial charge in [0.1, 0.15) is 0 Å². The van der Waals surface area contributed by atoms with Crippen LogP contribution < -0.4 is 22.9 Å². The van der Waals surface area contributed by atoms with Gasteiger partial charge in [-0.25, -0.2) is 0 Å². The van der Waals surface area contributed by atoms with Gasteiger partial charge in [-0.2, -0.15) is 0 Å². The van der Waals surface area contributed by atoms with Gasteiger partial charge in [0, 0.05) is 22.7 Å². The van der Waals surface area contributed by atoms with Crippen LogP contribution in [0.4, 0.5) is 22.7 Å². The highest BCUT2D eigenvalue weighted by Crippen LogP contribution is 2.30. The largest absolute Gasteiger partial charge is 0.399 e. The molecule has 4 nitrogen and oxygen atoms in total. The molecule has 0 aliphatic heterocycles. The molecule has 0 radical (unpaired) electrons. The van der Waals surface area contributed by atoms with Gasteiger partial charge in [-0.15, -0.1) is 0 Å². The number of aryl methyl sites for hydroxylation is 6. The molecule has 4 aromatic carbocycles. The minimum absolute atomic E-state index is 0.849. The Hall–Kier alpha value is -3.92. The van der Waals surface area contributed by atoms with Crippen LogP contribution in [0.3, 0.4) is 0 Å². The lowest BCUT2D eigenvalue weighted by atomic mass is 9.95. The van der Waals surface area contributed by atoms with Crippen molar-refractivity contribution in [1.82, 2.24) is 0 Å². The molecule has 0 saturated heterocycles. The lowest BCUT2D eigenvalue weighted by molar-refractivity contribution is 1.17. The second-order valence-electron chi connectivity index (χ2n) is 9.61. The Labute approximate surface area is 210 Å². The second kappa shape index (κ2) is 10.6. The summed E-state index contributed by atoms with van der Waals surface area (Å²) in [6, 6.07) is 20.9. The Balaban J connectivity index is 0.000000196. The lowest BCUT2D eigenvalue weighted by Crippen LogP contribution is -1.97. The molecule has 0 aliphatic carbocycles. The van der Waals surface area contributed by atoms with E-state index >= 15 is 0 Å². The van der Waals surface area contributed by atoms with Crippen LogP contribution in [-0.2, 0) is 6.42 Å². The van der Waals surface area contributed by atoms with Gasteiger partial charge in [0.15, 0.2) is 0 Å². The topological polar surface area (TPSA) is 104 Å². The third-order valence-electron chi connectivity index (χ3n) is 6.60. The molecular formula is C31H38N4. The van der Waals surface area contributed by atoms with E-state index in [0.29, 0.717) is 0 Å². The van der Waals surface area contributed by atoms with Crippen LogP contribution in [0.1, 0.15) is 44.5 Å². The molecule has 8 N–H and O–H groups in total. The predicted octanol–water partition coefficient (Wildman–Crippen LogP) is 6.81. The number of hydrogen-bond donors (Lipinski definition) is 4. The van der Waals surface area contributed by atoms with Crippen molar-refractivity contribution in [3.05, 3.63) is 105 Å². The standard InChI is InChI=1S/C16H20N2.C15H18N2/c1-9-5-13(6-10(2)15(9)17)14-7-11(3)16(18)12(4)8-14;1-10-7-12(3-5-14(10)16)9-13-4-6-15(17)11(2)8-13/h5-8H,17-18H2,1-4H3;3-8H,9,16-17H2,1-2H3. The normalized spacial score (nSPS) is 10.6. The van der Waals surface area contributed by atoms with Crippen molar-refractivity contribution in [2.45, 2.75) is 48.0 Å². The molecule has 0 atom stereocenters. The smallest absolute Gasteiger partial charge is 0.0373 e. The fourth-order valence-corrected chi connectivity index (χ4v) is 4.21. The molecule has 0 saturated carbocycles. The molecule has 0 spiro atoms. The van der Waals surface area contributed by atoms with Gasteiger partial charge in [0.25, 0.3) is 0 Å². The molecule has 182 valence electrons. The van der Waals surface area contributed by atoms with Gasteiger partial charge >= 0.3 is 0 Å². The summed E-state index contributed by atoms with van der Waals surface area (Å²) >= 11 is 0. The molecule has 4 rings (SSSR count). The number of anilines is 4. The fourth-order valence-electron chi connectivity index (χ4n) is 4.21. The lowest BCUT2D eigenvalue weighted by Gasteiger charge is -2.12. The summed E-state index contributed by atoms with van der Waals surface area (Å²) in [4.78, 5) is 0. The number of benzene rings is 4. The molecule has 0 bridgehead atoms. The highest BCUT2D eigenvalue weighted by atomic mass is 14.6. The van der Waals surface area contributed by atoms with Crippen LogP contribution in [0.2, 0.25) is 0 Å².